The van der Waals surface area contributed by atoms with Crippen LogP contribution in [-0.2, 0) is 6.54 Å². The van der Waals surface area contributed by atoms with Gasteiger partial charge in [0.25, 0.3) is 5.91 Å². The number of carbonyl (C=O) groups excluding carboxylic acids is 1. The van der Waals surface area contributed by atoms with Crippen molar-refractivity contribution in [2.45, 2.75) is 6.54 Å². The molecule has 23 heavy (non-hydrogen) atoms. The number of benzene rings is 1. The van der Waals surface area contributed by atoms with Crippen LogP contribution in [0.25, 0.3) is 5.69 Å². The van der Waals surface area contributed by atoms with Gasteiger partial charge < -0.3 is 4.90 Å². The fourth-order valence-electron chi connectivity index (χ4n) is 2.17. The first-order chi connectivity index (χ1) is 11.3. The molecule has 0 saturated heterocycles. The van der Waals surface area contributed by atoms with Crippen LogP contribution in [0.4, 0.5) is 0 Å². The molecule has 2 heterocycles. The molecule has 0 saturated carbocycles. The van der Waals surface area contributed by atoms with Crippen LogP contribution in [0, 0.1) is 0 Å². The minimum absolute atomic E-state index is 0.152. The summed E-state index contributed by atoms with van der Waals surface area (Å²) >= 11 is 1.62. The van der Waals surface area contributed by atoms with Crippen LogP contribution < -0.4 is 0 Å². The lowest BCUT2D eigenvalue weighted by Gasteiger charge is -2.18. The number of thiophene rings is 1. The monoisotopic (exact) mass is 324 g/mol. The van der Waals surface area contributed by atoms with Gasteiger partial charge in [0.2, 0.25) is 0 Å². The molecule has 0 spiro atoms. The van der Waals surface area contributed by atoms with E-state index in [-0.39, 0.29) is 5.91 Å². The summed E-state index contributed by atoms with van der Waals surface area (Å²) in [5.41, 5.74) is 1.15. The normalized spacial score (nSPS) is 10.4. The van der Waals surface area contributed by atoms with E-state index in [0.29, 0.717) is 18.8 Å². The van der Waals surface area contributed by atoms with Crippen molar-refractivity contribution in [1.82, 2.24) is 19.9 Å². The predicted octanol–water partition coefficient (Wildman–Crippen LogP) is 3.16. The van der Waals surface area contributed by atoms with E-state index in [1.807, 2.05) is 47.8 Å². The molecule has 0 fully saturated rings. The van der Waals surface area contributed by atoms with E-state index < -0.39 is 0 Å². The van der Waals surface area contributed by atoms with E-state index >= 15 is 0 Å². The average Bonchev–Trinajstić information content (AvgIpc) is 3.26. The summed E-state index contributed by atoms with van der Waals surface area (Å²) < 4.78 is 0. The number of nitrogens with zero attached hydrogens (tertiary/aromatic N) is 4. The molecule has 3 rings (SSSR count). The van der Waals surface area contributed by atoms with E-state index in [4.69, 9.17) is 0 Å². The van der Waals surface area contributed by atoms with Gasteiger partial charge in [-0.2, -0.15) is 9.90 Å². The molecule has 0 N–H and O–H groups in total. The Balaban J connectivity index is 1.80. The number of para-hydroxylation sites is 1. The largest absolute Gasteiger partial charge is 0.328 e. The SMILES string of the molecule is C=CCN(Cc1cccs1)C(=O)c1cnn(-c2ccccc2)n1. The Hall–Kier alpha value is -2.73. The van der Waals surface area contributed by atoms with Gasteiger partial charge in [-0.15, -0.1) is 23.0 Å². The van der Waals surface area contributed by atoms with Crippen LogP contribution >= 0.6 is 11.3 Å². The third-order valence-corrected chi connectivity index (χ3v) is 4.12. The van der Waals surface area contributed by atoms with Crippen molar-refractivity contribution >= 4 is 17.2 Å². The van der Waals surface area contributed by atoms with Gasteiger partial charge in [0.15, 0.2) is 5.69 Å². The minimum atomic E-state index is -0.152. The Bertz CT molecular complexity index is 780. The van der Waals surface area contributed by atoms with Crippen molar-refractivity contribution in [1.29, 1.82) is 0 Å². The molecule has 1 amide bonds. The van der Waals surface area contributed by atoms with Gasteiger partial charge in [0.05, 0.1) is 18.4 Å². The molecule has 116 valence electrons. The van der Waals surface area contributed by atoms with E-state index in [1.54, 1.807) is 22.3 Å². The first-order valence-electron chi connectivity index (χ1n) is 7.18. The summed E-state index contributed by atoms with van der Waals surface area (Å²) in [4.78, 5) is 17.0. The second kappa shape index (κ2) is 7.02. The van der Waals surface area contributed by atoms with Gasteiger partial charge in [0, 0.05) is 11.4 Å². The second-order valence-electron chi connectivity index (χ2n) is 4.91. The number of rotatable bonds is 6. The molecule has 0 atom stereocenters. The quantitative estimate of drug-likeness (QED) is 0.655. The maximum atomic E-state index is 12.7. The Kier molecular flexibility index (Phi) is 4.63. The summed E-state index contributed by atoms with van der Waals surface area (Å²) in [6.45, 7) is 4.74. The van der Waals surface area contributed by atoms with Gasteiger partial charge >= 0.3 is 0 Å². The van der Waals surface area contributed by atoms with Crippen LogP contribution in [0.2, 0.25) is 0 Å². The van der Waals surface area contributed by atoms with E-state index in [0.717, 1.165) is 10.6 Å². The van der Waals surface area contributed by atoms with Crippen molar-refractivity contribution in [2.24, 2.45) is 0 Å². The second-order valence-corrected chi connectivity index (χ2v) is 5.94. The molecule has 5 nitrogen and oxygen atoms in total. The fraction of sp³-hybridized carbons (Fsp3) is 0.118. The number of carbonyl (C=O) groups is 1. The molecule has 1 aromatic carbocycles. The van der Waals surface area contributed by atoms with Crippen LogP contribution in [0.1, 0.15) is 15.4 Å². The van der Waals surface area contributed by atoms with Gasteiger partial charge in [-0.3, -0.25) is 4.79 Å². The van der Waals surface area contributed by atoms with Gasteiger partial charge in [-0.25, -0.2) is 0 Å². The van der Waals surface area contributed by atoms with Crippen LogP contribution in [-0.4, -0.2) is 32.3 Å². The number of hydrogen-bond donors (Lipinski definition) is 0. The summed E-state index contributed by atoms with van der Waals surface area (Å²) in [6.07, 6.45) is 3.22. The summed E-state index contributed by atoms with van der Waals surface area (Å²) in [5.74, 6) is -0.152. The number of amides is 1. The summed E-state index contributed by atoms with van der Waals surface area (Å²) in [5, 5.41) is 10.5. The van der Waals surface area contributed by atoms with Crippen molar-refractivity contribution < 1.29 is 4.79 Å². The molecule has 0 aliphatic heterocycles. The van der Waals surface area contributed by atoms with Crippen molar-refractivity contribution in [3.05, 3.63) is 77.3 Å². The van der Waals surface area contributed by atoms with E-state index in [1.165, 1.54) is 11.0 Å². The molecule has 3 aromatic rings. The zero-order chi connectivity index (χ0) is 16.1. The third-order valence-electron chi connectivity index (χ3n) is 3.26. The maximum Gasteiger partial charge on any atom is 0.276 e. The first kappa shape index (κ1) is 15.2. The minimum Gasteiger partial charge on any atom is -0.328 e. The van der Waals surface area contributed by atoms with Crippen molar-refractivity contribution in [3.8, 4) is 5.69 Å². The molecule has 6 heteroatoms. The lowest BCUT2D eigenvalue weighted by atomic mass is 10.3. The highest BCUT2D eigenvalue weighted by atomic mass is 32.1. The Morgan fingerprint density at radius 3 is 2.78 bits per heavy atom. The average molecular weight is 324 g/mol. The first-order valence-corrected chi connectivity index (χ1v) is 8.06. The molecular formula is C17H16N4OS. The van der Waals surface area contributed by atoms with Gasteiger partial charge in [-0.1, -0.05) is 30.3 Å². The van der Waals surface area contributed by atoms with E-state index in [2.05, 4.69) is 16.8 Å². The lowest BCUT2D eigenvalue weighted by molar-refractivity contribution is 0.0758. The molecule has 0 radical (unpaired) electrons. The highest BCUT2D eigenvalue weighted by Gasteiger charge is 2.19. The molecule has 0 unspecified atom stereocenters. The Morgan fingerprint density at radius 1 is 1.26 bits per heavy atom. The smallest absolute Gasteiger partial charge is 0.276 e. The van der Waals surface area contributed by atoms with Crippen LogP contribution in [0.15, 0.2) is 66.7 Å². The Morgan fingerprint density at radius 2 is 2.09 bits per heavy atom. The molecule has 0 aliphatic carbocycles. The zero-order valence-electron chi connectivity index (χ0n) is 12.5. The van der Waals surface area contributed by atoms with Crippen LogP contribution in [0.3, 0.4) is 0 Å². The molecule has 2 aromatic heterocycles. The number of aromatic nitrogens is 3. The predicted molar refractivity (Wildman–Crippen MR) is 90.6 cm³/mol. The van der Waals surface area contributed by atoms with Gasteiger partial charge in [-0.05, 0) is 23.6 Å². The number of hydrogen-bond acceptors (Lipinski definition) is 4. The molecule has 0 aliphatic rings. The van der Waals surface area contributed by atoms with E-state index in [9.17, 15) is 4.79 Å². The van der Waals surface area contributed by atoms with Crippen LogP contribution in [0.5, 0.6) is 0 Å². The zero-order valence-corrected chi connectivity index (χ0v) is 13.3. The fourth-order valence-corrected chi connectivity index (χ4v) is 2.89. The highest BCUT2D eigenvalue weighted by molar-refractivity contribution is 7.09. The van der Waals surface area contributed by atoms with Crippen molar-refractivity contribution in [2.75, 3.05) is 6.54 Å². The lowest BCUT2D eigenvalue weighted by Crippen LogP contribution is -2.30. The molecule has 0 bridgehead atoms. The van der Waals surface area contributed by atoms with Crippen molar-refractivity contribution in [3.63, 3.8) is 0 Å². The standard InChI is InChI=1S/C17H16N4OS/c1-2-10-20(13-15-9-6-11-23-15)17(22)16-12-18-21(19-16)14-7-4-3-5-8-14/h2-9,11-12H,1,10,13H2. The third kappa shape index (κ3) is 3.54. The van der Waals surface area contributed by atoms with Gasteiger partial charge in [0.1, 0.15) is 0 Å². The topological polar surface area (TPSA) is 51.0 Å². The Labute approximate surface area is 138 Å². The maximum absolute atomic E-state index is 12.7. The molecular weight excluding hydrogens is 308 g/mol. The highest BCUT2D eigenvalue weighted by Crippen LogP contribution is 2.14. The summed E-state index contributed by atoms with van der Waals surface area (Å²) in [7, 11) is 0. The summed E-state index contributed by atoms with van der Waals surface area (Å²) in [6, 6.07) is 13.5.